The topological polar surface area (TPSA) is 52.6 Å². The van der Waals surface area contributed by atoms with E-state index in [0.29, 0.717) is 16.9 Å². The zero-order valence-electron chi connectivity index (χ0n) is 12.0. The van der Waals surface area contributed by atoms with Crippen molar-refractivity contribution in [2.75, 3.05) is 13.7 Å². The summed E-state index contributed by atoms with van der Waals surface area (Å²) in [6.45, 7) is 1.96. The van der Waals surface area contributed by atoms with E-state index in [9.17, 15) is 9.59 Å². The summed E-state index contributed by atoms with van der Waals surface area (Å²) < 4.78 is 10.1. The number of benzene rings is 2. The van der Waals surface area contributed by atoms with Crippen molar-refractivity contribution >= 4 is 11.8 Å². The first kappa shape index (κ1) is 14.8. The van der Waals surface area contributed by atoms with Gasteiger partial charge in [0.25, 0.3) is 0 Å². The van der Waals surface area contributed by atoms with E-state index in [1.807, 2.05) is 6.07 Å². The first-order valence-electron chi connectivity index (χ1n) is 6.62. The van der Waals surface area contributed by atoms with Crippen molar-refractivity contribution in [3.8, 4) is 5.75 Å². The van der Waals surface area contributed by atoms with Crippen LogP contribution in [0.5, 0.6) is 5.75 Å². The molecule has 2 aromatic carbocycles. The molecule has 0 heterocycles. The van der Waals surface area contributed by atoms with Crippen molar-refractivity contribution in [2.45, 2.75) is 6.92 Å². The molecule has 0 fully saturated rings. The predicted octanol–water partition coefficient (Wildman–Crippen LogP) is 3.10. The molecule has 0 N–H and O–H groups in total. The molecule has 0 unspecified atom stereocenters. The van der Waals surface area contributed by atoms with Gasteiger partial charge in [-0.2, -0.15) is 0 Å². The normalized spacial score (nSPS) is 10.0. The number of hydrogen-bond donors (Lipinski definition) is 0. The lowest BCUT2D eigenvalue weighted by Gasteiger charge is -2.10. The molecule has 0 saturated carbocycles. The second kappa shape index (κ2) is 6.70. The third-order valence-corrected chi connectivity index (χ3v) is 3.00. The van der Waals surface area contributed by atoms with Crippen LogP contribution in [-0.4, -0.2) is 25.5 Å². The maximum Gasteiger partial charge on any atom is 0.339 e. The molecule has 4 heteroatoms. The number of ether oxygens (including phenoxy) is 2. The number of carbonyl (C=O) groups excluding carboxylic acids is 2. The third-order valence-electron chi connectivity index (χ3n) is 3.00. The van der Waals surface area contributed by atoms with Crippen molar-refractivity contribution in [3.63, 3.8) is 0 Å². The molecule has 0 amide bonds. The standard InChI is InChI=1S/C17H16O4/c1-3-21-17(19)15-11-13(20-2)9-10-14(15)16(18)12-7-5-4-6-8-12/h4-11H,3H2,1-2H3. The molecular weight excluding hydrogens is 268 g/mol. The zero-order valence-corrected chi connectivity index (χ0v) is 12.0. The summed E-state index contributed by atoms with van der Waals surface area (Å²) in [5.74, 6) is -0.250. The average Bonchev–Trinajstić information content (AvgIpc) is 2.54. The van der Waals surface area contributed by atoms with E-state index in [-0.39, 0.29) is 18.0 Å². The van der Waals surface area contributed by atoms with Gasteiger partial charge in [0.2, 0.25) is 0 Å². The highest BCUT2D eigenvalue weighted by molar-refractivity contribution is 6.14. The van der Waals surface area contributed by atoms with Crippen LogP contribution in [0.3, 0.4) is 0 Å². The van der Waals surface area contributed by atoms with E-state index in [0.717, 1.165) is 0 Å². The van der Waals surface area contributed by atoms with E-state index in [1.165, 1.54) is 13.2 Å². The summed E-state index contributed by atoms with van der Waals surface area (Å²) in [6.07, 6.45) is 0. The zero-order chi connectivity index (χ0) is 15.2. The Balaban J connectivity index is 2.47. The lowest BCUT2D eigenvalue weighted by molar-refractivity contribution is 0.0523. The Hall–Kier alpha value is -2.62. The average molecular weight is 284 g/mol. The Morgan fingerprint density at radius 3 is 2.33 bits per heavy atom. The molecule has 2 aromatic rings. The molecule has 0 aromatic heterocycles. The van der Waals surface area contributed by atoms with Crippen molar-refractivity contribution in [2.24, 2.45) is 0 Å². The highest BCUT2D eigenvalue weighted by atomic mass is 16.5. The van der Waals surface area contributed by atoms with Gasteiger partial charge in [0.15, 0.2) is 5.78 Å². The lowest BCUT2D eigenvalue weighted by Crippen LogP contribution is -2.13. The smallest absolute Gasteiger partial charge is 0.339 e. The van der Waals surface area contributed by atoms with Crippen LogP contribution in [0.25, 0.3) is 0 Å². The highest BCUT2D eigenvalue weighted by Crippen LogP contribution is 2.21. The molecule has 0 aliphatic rings. The minimum absolute atomic E-state index is 0.213. The van der Waals surface area contributed by atoms with Crippen LogP contribution >= 0.6 is 0 Å². The molecule has 0 atom stereocenters. The van der Waals surface area contributed by atoms with Crippen LogP contribution in [0, 0.1) is 0 Å². The van der Waals surface area contributed by atoms with Gasteiger partial charge >= 0.3 is 5.97 Å². The SMILES string of the molecule is CCOC(=O)c1cc(OC)ccc1C(=O)c1ccccc1. The van der Waals surface area contributed by atoms with E-state index in [4.69, 9.17) is 9.47 Å². The Labute approximate surface area is 123 Å². The summed E-state index contributed by atoms with van der Waals surface area (Å²) in [4.78, 5) is 24.6. The highest BCUT2D eigenvalue weighted by Gasteiger charge is 2.20. The van der Waals surface area contributed by atoms with Gasteiger partial charge in [-0.05, 0) is 25.1 Å². The second-order valence-electron chi connectivity index (χ2n) is 4.33. The van der Waals surface area contributed by atoms with Crippen molar-refractivity contribution < 1.29 is 19.1 Å². The molecule has 0 saturated heterocycles. The molecule has 4 nitrogen and oxygen atoms in total. The number of methoxy groups -OCH3 is 1. The van der Waals surface area contributed by atoms with Gasteiger partial charge in [-0.1, -0.05) is 30.3 Å². The first-order valence-corrected chi connectivity index (χ1v) is 6.62. The number of rotatable bonds is 5. The van der Waals surface area contributed by atoms with Gasteiger partial charge in [-0.15, -0.1) is 0 Å². The predicted molar refractivity (Wildman–Crippen MR) is 78.8 cm³/mol. The fourth-order valence-corrected chi connectivity index (χ4v) is 1.97. The Bertz CT molecular complexity index is 647. The molecular formula is C17H16O4. The quantitative estimate of drug-likeness (QED) is 0.625. The molecule has 21 heavy (non-hydrogen) atoms. The number of hydrogen-bond acceptors (Lipinski definition) is 4. The molecule has 0 aliphatic heterocycles. The molecule has 2 rings (SSSR count). The van der Waals surface area contributed by atoms with Crippen LogP contribution < -0.4 is 4.74 Å². The number of carbonyl (C=O) groups is 2. The Kier molecular flexibility index (Phi) is 4.72. The maximum absolute atomic E-state index is 12.5. The number of ketones is 1. The minimum atomic E-state index is -0.532. The van der Waals surface area contributed by atoms with Crippen molar-refractivity contribution in [1.29, 1.82) is 0 Å². The molecule has 0 aliphatic carbocycles. The van der Waals surface area contributed by atoms with Gasteiger partial charge in [-0.25, -0.2) is 4.79 Å². The van der Waals surface area contributed by atoms with Gasteiger partial charge in [0, 0.05) is 11.1 Å². The fraction of sp³-hybridized carbons (Fsp3) is 0.176. The summed E-state index contributed by atoms with van der Waals surface area (Å²) in [7, 11) is 1.50. The van der Waals surface area contributed by atoms with Gasteiger partial charge < -0.3 is 9.47 Å². The number of esters is 1. The van der Waals surface area contributed by atoms with Crippen LogP contribution in [0.2, 0.25) is 0 Å². The minimum Gasteiger partial charge on any atom is -0.497 e. The van der Waals surface area contributed by atoms with Gasteiger partial charge in [-0.3, -0.25) is 4.79 Å². The second-order valence-corrected chi connectivity index (χ2v) is 4.33. The molecule has 108 valence electrons. The summed E-state index contributed by atoms with van der Waals surface area (Å²) in [5, 5.41) is 0. The molecule has 0 spiro atoms. The largest absolute Gasteiger partial charge is 0.497 e. The Morgan fingerprint density at radius 1 is 1.00 bits per heavy atom. The Morgan fingerprint density at radius 2 is 1.71 bits per heavy atom. The van der Waals surface area contributed by atoms with E-state index >= 15 is 0 Å². The monoisotopic (exact) mass is 284 g/mol. The van der Waals surface area contributed by atoms with Gasteiger partial charge in [0.05, 0.1) is 19.3 Å². The maximum atomic E-state index is 12.5. The van der Waals surface area contributed by atoms with E-state index < -0.39 is 5.97 Å². The molecule has 0 bridgehead atoms. The van der Waals surface area contributed by atoms with Crippen LogP contribution in [0.15, 0.2) is 48.5 Å². The van der Waals surface area contributed by atoms with Gasteiger partial charge in [0.1, 0.15) is 5.75 Å². The summed E-state index contributed by atoms with van der Waals surface area (Å²) >= 11 is 0. The van der Waals surface area contributed by atoms with Crippen molar-refractivity contribution in [1.82, 2.24) is 0 Å². The summed E-state index contributed by atoms with van der Waals surface area (Å²) in [6, 6.07) is 13.6. The summed E-state index contributed by atoms with van der Waals surface area (Å²) in [5.41, 5.74) is 1.04. The fourth-order valence-electron chi connectivity index (χ4n) is 1.97. The van der Waals surface area contributed by atoms with Crippen LogP contribution in [0.1, 0.15) is 33.2 Å². The van der Waals surface area contributed by atoms with Crippen LogP contribution in [0.4, 0.5) is 0 Å². The molecule has 0 radical (unpaired) electrons. The van der Waals surface area contributed by atoms with Crippen molar-refractivity contribution in [3.05, 3.63) is 65.2 Å². The first-order chi connectivity index (χ1) is 10.2. The van der Waals surface area contributed by atoms with Crippen LogP contribution in [-0.2, 0) is 4.74 Å². The van der Waals surface area contributed by atoms with E-state index in [2.05, 4.69) is 0 Å². The lowest BCUT2D eigenvalue weighted by atomic mass is 9.98. The third kappa shape index (κ3) is 3.28. The van der Waals surface area contributed by atoms with E-state index in [1.54, 1.807) is 43.3 Å².